The third kappa shape index (κ3) is 4.02. The third-order valence-electron chi connectivity index (χ3n) is 3.36. The number of rotatable bonds is 5. The van der Waals surface area contributed by atoms with Gasteiger partial charge in [0.05, 0.1) is 12.7 Å². The normalized spacial score (nSPS) is 13.8. The molecular formula is C17H18F2O2. The van der Waals surface area contributed by atoms with Crippen molar-refractivity contribution in [1.29, 1.82) is 0 Å². The summed E-state index contributed by atoms with van der Waals surface area (Å²) in [6.07, 6.45) is 0.211. The van der Waals surface area contributed by atoms with Gasteiger partial charge >= 0.3 is 0 Å². The fourth-order valence-corrected chi connectivity index (χ4v) is 2.33. The fourth-order valence-electron chi connectivity index (χ4n) is 2.33. The summed E-state index contributed by atoms with van der Waals surface area (Å²) in [5.74, 6) is -0.548. The summed E-state index contributed by atoms with van der Waals surface area (Å²) >= 11 is 0. The largest absolute Gasteiger partial charge is 0.497 e. The Balaban J connectivity index is 2.14. The summed E-state index contributed by atoms with van der Waals surface area (Å²) in [7, 11) is 1.58. The SMILES string of the molecule is COc1ccc(CC(C)(O)Cc2c(F)cccc2F)cc1. The Morgan fingerprint density at radius 3 is 2.10 bits per heavy atom. The second-order valence-corrected chi connectivity index (χ2v) is 5.40. The van der Waals surface area contributed by atoms with Crippen molar-refractivity contribution in [2.24, 2.45) is 0 Å². The van der Waals surface area contributed by atoms with Crippen LogP contribution in [0.3, 0.4) is 0 Å². The van der Waals surface area contributed by atoms with Crippen LogP contribution < -0.4 is 4.74 Å². The molecule has 0 radical (unpaired) electrons. The molecule has 1 N–H and O–H groups in total. The van der Waals surface area contributed by atoms with Crippen LogP contribution in [-0.4, -0.2) is 17.8 Å². The average Bonchev–Trinajstić information content (AvgIpc) is 2.43. The molecular weight excluding hydrogens is 274 g/mol. The lowest BCUT2D eigenvalue weighted by atomic mass is 9.89. The lowest BCUT2D eigenvalue weighted by Crippen LogP contribution is -2.31. The van der Waals surface area contributed by atoms with Crippen LogP contribution in [0.1, 0.15) is 18.1 Å². The van der Waals surface area contributed by atoms with E-state index in [1.807, 2.05) is 12.1 Å². The van der Waals surface area contributed by atoms with Crippen LogP contribution in [0, 0.1) is 11.6 Å². The topological polar surface area (TPSA) is 29.5 Å². The second kappa shape index (κ2) is 6.22. The summed E-state index contributed by atoms with van der Waals surface area (Å²) in [6, 6.07) is 10.9. The van der Waals surface area contributed by atoms with E-state index in [0.29, 0.717) is 6.42 Å². The molecule has 0 aliphatic heterocycles. The van der Waals surface area contributed by atoms with Crippen LogP contribution in [0.15, 0.2) is 42.5 Å². The maximum Gasteiger partial charge on any atom is 0.129 e. The first kappa shape index (κ1) is 15.4. The second-order valence-electron chi connectivity index (χ2n) is 5.40. The van der Waals surface area contributed by atoms with E-state index in [1.165, 1.54) is 18.2 Å². The minimum Gasteiger partial charge on any atom is -0.497 e. The summed E-state index contributed by atoms with van der Waals surface area (Å²) in [6.45, 7) is 1.57. The van der Waals surface area contributed by atoms with Gasteiger partial charge < -0.3 is 9.84 Å². The molecule has 0 spiro atoms. The fraction of sp³-hybridized carbons (Fsp3) is 0.294. The van der Waals surface area contributed by atoms with Gasteiger partial charge in [-0.1, -0.05) is 18.2 Å². The first-order valence-corrected chi connectivity index (χ1v) is 6.69. The highest BCUT2D eigenvalue weighted by atomic mass is 19.1. The van der Waals surface area contributed by atoms with Gasteiger partial charge in [-0.3, -0.25) is 0 Å². The van der Waals surface area contributed by atoms with Gasteiger partial charge in [-0.05, 0) is 36.8 Å². The predicted octanol–water partition coefficient (Wildman–Crippen LogP) is 3.51. The number of hydrogen-bond donors (Lipinski definition) is 1. The number of ether oxygens (including phenoxy) is 1. The van der Waals surface area contributed by atoms with Gasteiger partial charge in [-0.15, -0.1) is 0 Å². The van der Waals surface area contributed by atoms with Crippen molar-refractivity contribution < 1.29 is 18.6 Å². The van der Waals surface area contributed by atoms with Crippen LogP contribution in [0.25, 0.3) is 0 Å². The molecule has 0 fully saturated rings. The Kier molecular flexibility index (Phi) is 4.58. The van der Waals surface area contributed by atoms with Gasteiger partial charge in [-0.2, -0.15) is 0 Å². The van der Waals surface area contributed by atoms with Crippen molar-refractivity contribution in [3.8, 4) is 5.75 Å². The van der Waals surface area contributed by atoms with Crippen LogP contribution in [0.4, 0.5) is 8.78 Å². The van der Waals surface area contributed by atoms with Crippen molar-refractivity contribution in [2.75, 3.05) is 7.11 Å². The van der Waals surface area contributed by atoms with E-state index in [0.717, 1.165) is 11.3 Å². The van der Waals surface area contributed by atoms with Gasteiger partial charge in [0.15, 0.2) is 0 Å². The van der Waals surface area contributed by atoms with Crippen LogP contribution >= 0.6 is 0 Å². The highest BCUT2D eigenvalue weighted by Crippen LogP contribution is 2.23. The first-order valence-electron chi connectivity index (χ1n) is 6.69. The van der Waals surface area contributed by atoms with Crippen molar-refractivity contribution in [3.63, 3.8) is 0 Å². The summed E-state index contributed by atoms with van der Waals surface area (Å²) in [4.78, 5) is 0. The summed E-state index contributed by atoms with van der Waals surface area (Å²) in [5, 5.41) is 10.4. The Hall–Kier alpha value is -1.94. The molecule has 1 unspecified atom stereocenters. The number of halogens is 2. The van der Waals surface area contributed by atoms with E-state index in [-0.39, 0.29) is 12.0 Å². The van der Waals surface area contributed by atoms with E-state index in [2.05, 4.69) is 0 Å². The van der Waals surface area contributed by atoms with Crippen molar-refractivity contribution in [1.82, 2.24) is 0 Å². The Bertz CT molecular complexity index is 586. The van der Waals surface area contributed by atoms with Crippen molar-refractivity contribution in [2.45, 2.75) is 25.4 Å². The van der Waals surface area contributed by atoms with E-state index in [1.54, 1.807) is 26.2 Å². The van der Waals surface area contributed by atoms with E-state index in [9.17, 15) is 13.9 Å². The highest BCUT2D eigenvalue weighted by Gasteiger charge is 2.25. The Morgan fingerprint density at radius 2 is 1.57 bits per heavy atom. The molecule has 2 rings (SSSR count). The van der Waals surface area contributed by atoms with Gasteiger partial charge in [-0.25, -0.2) is 8.78 Å². The van der Waals surface area contributed by atoms with E-state index >= 15 is 0 Å². The van der Waals surface area contributed by atoms with Gasteiger partial charge in [0.1, 0.15) is 17.4 Å². The molecule has 0 saturated carbocycles. The maximum absolute atomic E-state index is 13.7. The summed E-state index contributed by atoms with van der Waals surface area (Å²) in [5.41, 5.74) is -0.453. The summed E-state index contributed by atoms with van der Waals surface area (Å²) < 4.78 is 32.4. The molecule has 0 aliphatic rings. The van der Waals surface area contributed by atoms with Gasteiger partial charge in [0.2, 0.25) is 0 Å². The number of aliphatic hydroxyl groups is 1. The molecule has 21 heavy (non-hydrogen) atoms. The zero-order valence-electron chi connectivity index (χ0n) is 12.1. The molecule has 2 aromatic rings. The lowest BCUT2D eigenvalue weighted by molar-refractivity contribution is 0.0589. The monoisotopic (exact) mass is 292 g/mol. The van der Waals surface area contributed by atoms with Gasteiger partial charge in [0, 0.05) is 18.4 Å². The minimum atomic E-state index is -1.24. The average molecular weight is 292 g/mol. The quantitative estimate of drug-likeness (QED) is 0.914. The molecule has 2 nitrogen and oxygen atoms in total. The number of hydrogen-bond acceptors (Lipinski definition) is 2. The molecule has 0 heterocycles. The predicted molar refractivity (Wildman–Crippen MR) is 77.4 cm³/mol. The third-order valence-corrected chi connectivity index (χ3v) is 3.36. The van der Waals surface area contributed by atoms with Crippen LogP contribution in [0.2, 0.25) is 0 Å². The van der Waals surface area contributed by atoms with E-state index < -0.39 is 17.2 Å². The Labute approximate surface area is 123 Å². The molecule has 0 aromatic heterocycles. The molecule has 0 amide bonds. The minimum absolute atomic E-state index is 0.0858. The van der Waals surface area contributed by atoms with Crippen LogP contribution in [-0.2, 0) is 12.8 Å². The molecule has 1 atom stereocenters. The van der Waals surface area contributed by atoms with Crippen LogP contribution in [0.5, 0.6) is 5.75 Å². The van der Waals surface area contributed by atoms with Crippen molar-refractivity contribution >= 4 is 0 Å². The van der Waals surface area contributed by atoms with E-state index in [4.69, 9.17) is 4.74 Å². The Morgan fingerprint density at radius 1 is 1.00 bits per heavy atom. The zero-order chi connectivity index (χ0) is 15.5. The van der Waals surface area contributed by atoms with Crippen molar-refractivity contribution in [3.05, 3.63) is 65.2 Å². The maximum atomic E-state index is 13.7. The number of methoxy groups -OCH3 is 1. The molecule has 0 aliphatic carbocycles. The van der Waals surface area contributed by atoms with Gasteiger partial charge in [0.25, 0.3) is 0 Å². The lowest BCUT2D eigenvalue weighted by Gasteiger charge is -2.24. The smallest absolute Gasteiger partial charge is 0.129 e. The highest BCUT2D eigenvalue weighted by molar-refractivity contribution is 5.29. The number of benzene rings is 2. The molecule has 2 aromatic carbocycles. The first-order chi connectivity index (χ1) is 9.91. The standard InChI is InChI=1S/C17H18F2O2/c1-17(20,10-12-6-8-13(21-2)9-7-12)11-14-15(18)4-3-5-16(14)19/h3-9,20H,10-11H2,1-2H3. The molecule has 0 saturated heterocycles. The molecule has 112 valence electrons. The molecule has 4 heteroatoms. The molecule has 0 bridgehead atoms. The zero-order valence-corrected chi connectivity index (χ0v) is 12.1.